The Kier molecular flexibility index (Phi) is 4.72. The predicted octanol–water partition coefficient (Wildman–Crippen LogP) is 6.16. The first kappa shape index (κ1) is 19.7. The molecular formula is C30H21BO2. The highest BCUT2D eigenvalue weighted by Crippen LogP contribution is 2.38. The van der Waals surface area contributed by atoms with Crippen molar-refractivity contribution >= 4 is 44.9 Å². The second-order valence-corrected chi connectivity index (χ2v) is 8.36. The average molecular weight is 424 g/mol. The smallest absolute Gasteiger partial charge is 0.423 e. The van der Waals surface area contributed by atoms with Gasteiger partial charge in [-0.1, -0.05) is 109 Å². The van der Waals surface area contributed by atoms with Crippen LogP contribution < -0.4 is 5.46 Å². The van der Waals surface area contributed by atoms with Gasteiger partial charge in [0.05, 0.1) is 0 Å². The van der Waals surface area contributed by atoms with Crippen LogP contribution in [0, 0.1) is 0 Å². The van der Waals surface area contributed by atoms with Gasteiger partial charge in [-0.15, -0.1) is 0 Å². The minimum Gasteiger partial charge on any atom is -0.423 e. The highest BCUT2D eigenvalue weighted by atomic mass is 16.4. The first-order valence-electron chi connectivity index (χ1n) is 11.1. The summed E-state index contributed by atoms with van der Waals surface area (Å²) in [6.45, 7) is 0. The largest absolute Gasteiger partial charge is 0.489 e. The number of rotatable bonds is 3. The predicted molar refractivity (Wildman–Crippen MR) is 140 cm³/mol. The van der Waals surface area contributed by atoms with Gasteiger partial charge in [0, 0.05) is 0 Å². The zero-order chi connectivity index (χ0) is 22.4. The van der Waals surface area contributed by atoms with E-state index in [1.807, 2.05) is 36.4 Å². The van der Waals surface area contributed by atoms with Crippen molar-refractivity contribution in [3.8, 4) is 22.3 Å². The van der Waals surface area contributed by atoms with Crippen LogP contribution in [0.1, 0.15) is 0 Å². The molecule has 0 aliphatic heterocycles. The summed E-state index contributed by atoms with van der Waals surface area (Å²) in [4.78, 5) is 0. The highest BCUT2D eigenvalue weighted by Gasteiger charge is 2.22. The van der Waals surface area contributed by atoms with Gasteiger partial charge in [0.2, 0.25) is 0 Å². The number of hydrogen-bond donors (Lipinski definition) is 2. The first-order valence-corrected chi connectivity index (χ1v) is 11.1. The van der Waals surface area contributed by atoms with Gasteiger partial charge in [-0.25, -0.2) is 0 Å². The van der Waals surface area contributed by atoms with Gasteiger partial charge in [-0.05, 0) is 66.1 Å². The Balaban J connectivity index is 1.68. The normalized spacial score (nSPS) is 11.3. The summed E-state index contributed by atoms with van der Waals surface area (Å²) in [6.07, 6.45) is 0. The van der Waals surface area contributed by atoms with E-state index < -0.39 is 7.12 Å². The summed E-state index contributed by atoms with van der Waals surface area (Å²) in [6, 6.07) is 39.5. The molecule has 6 rings (SSSR count). The van der Waals surface area contributed by atoms with E-state index in [0.717, 1.165) is 38.2 Å². The van der Waals surface area contributed by atoms with E-state index in [1.165, 1.54) is 16.3 Å². The van der Waals surface area contributed by atoms with Crippen LogP contribution >= 0.6 is 0 Å². The molecule has 0 heterocycles. The second kappa shape index (κ2) is 7.89. The molecule has 2 N–H and O–H groups in total. The maximum atomic E-state index is 10.2. The van der Waals surface area contributed by atoms with E-state index in [2.05, 4.69) is 78.9 Å². The van der Waals surface area contributed by atoms with Crippen molar-refractivity contribution in [1.29, 1.82) is 0 Å². The summed E-state index contributed by atoms with van der Waals surface area (Å²) in [5, 5.41) is 26.6. The summed E-state index contributed by atoms with van der Waals surface area (Å²) < 4.78 is 0. The van der Waals surface area contributed by atoms with Crippen LogP contribution in [-0.4, -0.2) is 17.2 Å². The molecule has 0 saturated heterocycles. The highest BCUT2D eigenvalue weighted by molar-refractivity contribution is 6.66. The van der Waals surface area contributed by atoms with Gasteiger partial charge < -0.3 is 10.0 Å². The van der Waals surface area contributed by atoms with Crippen LogP contribution in [0.15, 0.2) is 115 Å². The molecule has 6 aromatic rings. The third kappa shape index (κ3) is 3.22. The Morgan fingerprint density at radius 1 is 0.455 bits per heavy atom. The van der Waals surface area contributed by atoms with Crippen LogP contribution in [0.25, 0.3) is 54.6 Å². The third-order valence-electron chi connectivity index (χ3n) is 6.48. The fraction of sp³-hybridized carbons (Fsp3) is 0. The minimum absolute atomic E-state index is 0.551. The van der Waals surface area contributed by atoms with Crippen molar-refractivity contribution < 1.29 is 10.0 Å². The van der Waals surface area contributed by atoms with Gasteiger partial charge in [0.1, 0.15) is 0 Å². The lowest BCUT2D eigenvalue weighted by atomic mass is 9.72. The van der Waals surface area contributed by atoms with E-state index in [0.29, 0.717) is 5.46 Å². The van der Waals surface area contributed by atoms with E-state index in [9.17, 15) is 10.0 Å². The quantitative estimate of drug-likeness (QED) is 0.264. The monoisotopic (exact) mass is 424 g/mol. The molecule has 0 atom stereocenters. The molecule has 3 heteroatoms. The molecule has 0 saturated carbocycles. The van der Waals surface area contributed by atoms with Crippen molar-refractivity contribution in [1.82, 2.24) is 0 Å². The van der Waals surface area contributed by atoms with Crippen LogP contribution in [-0.2, 0) is 0 Å². The standard InChI is InChI=1S/C30H21BO2/c32-31(33)30-27-16-5-3-14-25(27)29(26-15-4-6-17-28(26)30)22-12-7-11-21(19-22)24-18-8-10-20-9-1-2-13-23(20)24/h1-19,32-33H. The Bertz CT molecular complexity index is 1590. The van der Waals surface area contributed by atoms with Crippen LogP contribution in [0.2, 0.25) is 0 Å². The molecule has 0 aromatic heterocycles. The Morgan fingerprint density at radius 3 is 1.64 bits per heavy atom. The van der Waals surface area contributed by atoms with Crippen LogP contribution in [0.3, 0.4) is 0 Å². The topological polar surface area (TPSA) is 40.5 Å². The van der Waals surface area contributed by atoms with Crippen molar-refractivity contribution in [2.75, 3.05) is 0 Å². The van der Waals surface area contributed by atoms with Crippen LogP contribution in [0.5, 0.6) is 0 Å². The SMILES string of the molecule is OB(O)c1c2ccccc2c(-c2cccc(-c3cccc4ccccc34)c2)c2ccccc12. The van der Waals surface area contributed by atoms with Crippen molar-refractivity contribution in [3.63, 3.8) is 0 Å². The number of fused-ring (bicyclic) bond motifs is 3. The van der Waals surface area contributed by atoms with Crippen LogP contribution in [0.4, 0.5) is 0 Å². The molecule has 0 spiro atoms. The Labute approximate surface area is 192 Å². The fourth-order valence-electron chi connectivity index (χ4n) is 5.07. The number of benzene rings is 6. The molecule has 6 aromatic carbocycles. The van der Waals surface area contributed by atoms with Crippen molar-refractivity contribution in [3.05, 3.63) is 115 Å². The maximum absolute atomic E-state index is 10.2. The van der Waals surface area contributed by atoms with Gasteiger partial charge in [0.25, 0.3) is 0 Å². The first-order chi connectivity index (χ1) is 16.2. The lowest BCUT2D eigenvalue weighted by Crippen LogP contribution is -2.31. The average Bonchev–Trinajstić information content (AvgIpc) is 2.86. The Morgan fingerprint density at radius 2 is 0.970 bits per heavy atom. The van der Waals surface area contributed by atoms with Gasteiger partial charge in [0.15, 0.2) is 0 Å². The molecule has 33 heavy (non-hydrogen) atoms. The zero-order valence-electron chi connectivity index (χ0n) is 17.9. The summed E-state index contributed by atoms with van der Waals surface area (Å²) in [7, 11) is -1.55. The van der Waals surface area contributed by atoms with Gasteiger partial charge in [-0.2, -0.15) is 0 Å². The summed E-state index contributed by atoms with van der Waals surface area (Å²) >= 11 is 0. The molecule has 0 amide bonds. The molecular weight excluding hydrogens is 403 g/mol. The van der Waals surface area contributed by atoms with Crippen molar-refractivity contribution in [2.45, 2.75) is 0 Å². The molecule has 156 valence electrons. The maximum Gasteiger partial charge on any atom is 0.489 e. The number of hydrogen-bond acceptors (Lipinski definition) is 2. The molecule has 0 bridgehead atoms. The second-order valence-electron chi connectivity index (χ2n) is 8.36. The molecule has 2 nitrogen and oxygen atoms in total. The van der Waals surface area contributed by atoms with E-state index >= 15 is 0 Å². The lowest BCUT2D eigenvalue weighted by molar-refractivity contribution is 0.426. The van der Waals surface area contributed by atoms with E-state index in [-0.39, 0.29) is 0 Å². The molecule has 0 radical (unpaired) electrons. The molecule has 0 unspecified atom stereocenters. The fourth-order valence-corrected chi connectivity index (χ4v) is 5.07. The van der Waals surface area contributed by atoms with Gasteiger partial charge >= 0.3 is 7.12 Å². The minimum atomic E-state index is -1.55. The summed E-state index contributed by atoms with van der Waals surface area (Å²) in [5.41, 5.74) is 5.12. The lowest BCUT2D eigenvalue weighted by Gasteiger charge is -2.17. The van der Waals surface area contributed by atoms with E-state index in [4.69, 9.17) is 0 Å². The molecule has 0 aliphatic rings. The summed E-state index contributed by atoms with van der Waals surface area (Å²) in [5.74, 6) is 0. The Hall–Kier alpha value is -3.92. The molecule has 0 aliphatic carbocycles. The van der Waals surface area contributed by atoms with Crippen molar-refractivity contribution in [2.24, 2.45) is 0 Å². The van der Waals surface area contributed by atoms with E-state index in [1.54, 1.807) is 0 Å². The van der Waals surface area contributed by atoms with Gasteiger partial charge in [-0.3, -0.25) is 0 Å². The third-order valence-corrected chi connectivity index (χ3v) is 6.48. The zero-order valence-corrected chi connectivity index (χ0v) is 17.9. The molecule has 0 fully saturated rings.